The number of carbonyl (C=O) groups excluding carboxylic acids is 2. The summed E-state index contributed by atoms with van der Waals surface area (Å²) in [6.45, 7) is 7.67. The standard InChI is InChI=1S/C15H21NO2/c1-10(2)9-14(17)12-7-5-6-8-13(12)16-15(18)11(3)4/h5-8,10-11H,9H2,1-4H3,(H,16,18). The van der Waals surface area contributed by atoms with Gasteiger partial charge in [0.15, 0.2) is 5.78 Å². The quantitative estimate of drug-likeness (QED) is 0.809. The van der Waals surface area contributed by atoms with Crippen LogP contribution < -0.4 is 5.32 Å². The maximum Gasteiger partial charge on any atom is 0.226 e. The Kier molecular flexibility index (Phi) is 5.08. The molecule has 0 unspecified atom stereocenters. The van der Waals surface area contributed by atoms with Gasteiger partial charge in [0.1, 0.15) is 0 Å². The number of ketones is 1. The molecule has 0 aromatic heterocycles. The van der Waals surface area contributed by atoms with Gasteiger partial charge in [-0.1, -0.05) is 39.8 Å². The van der Waals surface area contributed by atoms with Crippen molar-refractivity contribution < 1.29 is 9.59 Å². The second kappa shape index (κ2) is 6.34. The first kappa shape index (κ1) is 14.4. The number of amides is 1. The van der Waals surface area contributed by atoms with Crippen LogP contribution in [0.15, 0.2) is 24.3 Å². The highest BCUT2D eigenvalue weighted by atomic mass is 16.2. The lowest BCUT2D eigenvalue weighted by Gasteiger charge is -2.12. The second-order valence-corrected chi connectivity index (χ2v) is 5.21. The predicted molar refractivity (Wildman–Crippen MR) is 73.7 cm³/mol. The smallest absolute Gasteiger partial charge is 0.226 e. The summed E-state index contributed by atoms with van der Waals surface area (Å²) in [7, 11) is 0. The molecule has 0 aliphatic heterocycles. The van der Waals surface area contributed by atoms with E-state index in [2.05, 4.69) is 5.32 Å². The third kappa shape index (κ3) is 3.99. The Balaban J connectivity index is 2.92. The van der Waals surface area contributed by atoms with Crippen molar-refractivity contribution in [3.8, 4) is 0 Å². The van der Waals surface area contributed by atoms with E-state index in [-0.39, 0.29) is 17.6 Å². The molecule has 3 heteroatoms. The van der Waals surface area contributed by atoms with Gasteiger partial charge in [0.2, 0.25) is 5.91 Å². The van der Waals surface area contributed by atoms with Crippen molar-refractivity contribution in [1.82, 2.24) is 0 Å². The normalized spacial score (nSPS) is 10.8. The van der Waals surface area contributed by atoms with Crippen LogP contribution in [-0.2, 0) is 4.79 Å². The van der Waals surface area contributed by atoms with Crippen molar-refractivity contribution in [2.24, 2.45) is 11.8 Å². The number of Topliss-reactive ketones (excluding diaryl/α,β-unsaturated/α-hetero) is 1. The van der Waals surface area contributed by atoms with E-state index in [4.69, 9.17) is 0 Å². The van der Waals surface area contributed by atoms with Crippen molar-refractivity contribution >= 4 is 17.4 Å². The lowest BCUT2D eigenvalue weighted by atomic mass is 9.99. The number of rotatable bonds is 5. The maximum absolute atomic E-state index is 12.1. The van der Waals surface area contributed by atoms with Crippen molar-refractivity contribution in [2.45, 2.75) is 34.1 Å². The minimum absolute atomic E-state index is 0.0696. The zero-order valence-corrected chi connectivity index (χ0v) is 11.5. The summed E-state index contributed by atoms with van der Waals surface area (Å²) >= 11 is 0. The molecule has 0 aliphatic rings. The average Bonchev–Trinajstić information content (AvgIpc) is 2.28. The third-order valence-electron chi connectivity index (χ3n) is 2.60. The van der Waals surface area contributed by atoms with Crippen LogP contribution in [0, 0.1) is 11.8 Å². The molecule has 1 N–H and O–H groups in total. The van der Waals surface area contributed by atoms with Gasteiger partial charge in [-0.2, -0.15) is 0 Å². The van der Waals surface area contributed by atoms with E-state index in [1.165, 1.54) is 0 Å². The van der Waals surface area contributed by atoms with E-state index in [0.717, 1.165) is 0 Å². The molecule has 0 aliphatic carbocycles. The fraction of sp³-hybridized carbons (Fsp3) is 0.467. The van der Waals surface area contributed by atoms with Crippen LogP contribution >= 0.6 is 0 Å². The van der Waals surface area contributed by atoms with Gasteiger partial charge in [0, 0.05) is 17.9 Å². The van der Waals surface area contributed by atoms with Gasteiger partial charge in [-0.25, -0.2) is 0 Å². The SMILES string of the molecule is CC(C)CC(=O)c1ccccc1NC(=O)C(C)C. The van der Waals surface area contributed by atoms with Gasteiger partial charge in [-0.3, -0.25) is 9.59 Å². The van der Waals surface area contributed by atoms with Crippen LogP contribution in [0.4, 0.5) is 5.69 Å². The molecule has 3 nitrogen and oxygen atoms in total. The van der Waals surface area contributed by atoms with Crippen LogP contribution in [0.5, 0.6) is 0 Å². The first-order chi connectivity index (χ1) is 8.41. The molecule has 0 atom stereocenters. The molecule has 0 saturated heterocycles. The van der Waals surface area contributed by atoms with Gasteiger partial charge in [0.25, 0.3) is 0 Å². The molecule has 0 fully saturated rings. The highest BCUT2D eigenvalue weighted by molar-refractivity contribution is 6.05. The Morgan fingerprint density at radius 1 is 1.11 bits per heavy atom. The van der Waals surface area contributed by atoms with Gasteiger partial charge in [0.05, 0.1) is 5.69 Å². The number of para-hydroxylation sites is 1. The molecule has 0 bridgehead atoms. The van der Waals surface area contributed by atoms with E-state index >= 15 is 0 Å². The van der Waals surface area contributed by atoms with Crippen molar-refractivity contribution in [3.05, 3.63) is 29.8 Å². The predicted octanol–water partition coefficient (Wildman–Crippen LogP) is 3.51. The highest BCUT2D eigenvalue weighted by Gasteiger charge is 2.15. The van der Waals surface area contributed by atoms with E-state index in [0.29, 0.717) is 23.6 Å². The molecular formula is C15H21NO2. The van der Waals surface area contributed by atoms with Crippen LogP contribution in [-0.4, -0.2) is 11.7 Å². The third-order valence-corrected chi connectivity index (χ3v) is 2.60. The molecule has 1 amide bonds. The number of hydrogen-bond donors (Lipinski definition) is 1. The molecule has 1 rings (SSSR count). The summed E-state index contributed by atoms with van der Waals surface area (Å²) in [5, 5.41) is 2.80. The largest absolute Gasteiger partial charge is 0.325 e. The van der Waals surface area contributed by atoms with Crippen LogP contribution in [0.2, 0.25) is 0 Å². The lowest BCUT2D eigenvalue weighted by molar-refractivity contribution is -0.118. The Bertz CT molecular complexity index is 436. The summed E-state index contributed by atoms with van der Waals surface area (Å²) in [4.78, 5) is 23.8. The molecule has 98 valence electrons. The van der Waals surface area contributed by atoms with Crippen LogP contribution in [0.25, 0.3) is 0 Å². The molecule has 0 spiro atoms. The zero-order chi connectivity index (χ0) is 13.7. The summed E-state index contributed by atoms with van der Waals surface area (Å²) < 4.78 is 0. The number of anilines is 1. The molecule has 18 heavy (non-hydrogen) atoms. The van der Waals surface area contributed by atoms with Gasteiger partial charge in [-0.15, -0.1) is 0 Å². The number of hydrogen-bond acceptors (Lipinski definition) is 2. The first-order valence-electron chi connectivity index (χ1n) is 6.35. The topological polar surface area (TPSA) is 46.2 Å². The second-order valence-electron chi connectivity index (χ2n) is 5.21. The Morgan fingerprint density at radius 2 is 1.72 bits per heavy atom. The van der Waals surface area contributed by atoms with E-state index in [9.17, 15) is 9.59 Å². The van der Waals surface area contributed by atoms with Gasteiger partial charge in [-0.05, 0) is 18.1 Å². The summed E-state index contributed by atoms with van der Waals surface area (Å²) in [6, 6.07) is 7.18. The monoisotopic (exact) mass is 247 g/mol. The Labute approximate surface area is 109 Å². The summed E-state index contributed by atoms with van der Waals surface area (Å²) in [5.41, 5.74) is 1.21. The number of nitrogens with one attached hydrogen (secondary N) is 1. The summed E-state index contributed by atoms with van der Waals surface area (Å²) in [5.74, 6) is 0.217. The Morgan fingerprint density at radius 3 is 2.28 bits per heavy atom. The fourth-order valence-electron chi connectivity index (χ4n) is 1.59. The Hall–Kier alpha value is -1.64. The van der Waals surface area contributed by atoms with E-state index in [1.54, 1.807) is 12.1 Å². The van der Waals surface area contributed by atoms with Gasteiger partial charge < -0.3 is 5.32 Å². The molecular weight excluding hydrogens is 226 g/mol. The van der Waals surface area contributed by atoms with Crippen molar-refractivity contribution in [1.29, 1.82) is 0 Å². The molecule has 0 heterocycles. The van der Waals surface area contributed by atoms with Crippen LogP contribution in [0.1, 0.15) is 44.5 Å². The zero-order valence-electron chi connectivity index (χ0n) is 11.5. The number of carbonyl (C=O) groups is 2. The summed E-state index contributed by atoms with van der Waals surface area (Å²) in [6.07, 6.45) is 0.495. The molecule has 0 saturated carbocycles. The van der Waals surface area contributed by atoms with Crippen molar-refractivity contribution in [3.63, 3.8) is 0 Å². The molecule has 0 radical (unpaired) electrons. The van der Waals surface area contributed by atoms with Crippen LogP contribution in [0.3, 0.4) is 0 Å². The fourth-order valence-corrected chi connectivity index (χ4v) is 1.59. The molecule has 1 aromatic rings. The first-order valence-corrected chi connectivity index (χ1v) is 6.35. The van der Waals surface area contributed by atoms with E-state index in [1.807, 2.05) is 39.8 Å². The van der Waals surface area contributed by atoms with E-state index < -0.39 is 0 Å². The molecule has 1 aromatic carbocycles. The van der Waals surface area contributed by atoms with Gasteiger partial charge >= 0.3 is 0 Å². The minimum Gasteiger partial charge on any atom is -0.325 e. The maximum atomic E-state index is 12.1. The average molecular weight is 247 g/mol. The lowest BCUT2D eigenvalue weighted by Crippen LogP contribution is -2.19. The minimum atomic E-state index is -0.0988. The van der Waals surface area contributed by atoms with Crippen molar-refractivity contribution in [2.75, 3.05) is 5.32 Å². The highest BCUT2D eigenvalue weighted by Crippen LogP contribution is 2.19. The number of benzene rings is 1.